The first-order valence-corrected chi connectivity index (χ1v) is 8.01. The molecule has 0 radical (unpaired) electrons. The van der Waals surface area contributed by atoms with Crippen LogP contribution in [0.4, 0.5) is 5.82 Å². The van der Waals surface area contributed by atoms with Crippen molar-refractivity contribution < 1.29 is 4.74 Å². The number of hydrogen-bond donors (Lipinski definition) is 1. The second-order valence-corrected chi connectivity index (χ2v) is 6.32. The van der Waals surface area contributed by atoms with Crippen LogP contribution >= 0.6 is 22.6 Å². The van der Waals surface area contributed by atoms with Crippen molar-refractivity contribution >= 4 is 28.4 Å². The lowest BCUT2D eigenvalue weighted by Gasteiger charge is -2.13. The molecule has 2 rings (SSSR count). The predicted molar refractivity (Wildman–Crippen MR) is 94.8 cm³/mol. The van der Waals surface area contributed by atoms with Crippen molar-refractivity contribution in [2.45, 2.75) is 20.3 Å². The average Bonchev–Trinajstić information content (AvgIpc) is 2.49. The Kier molecular flexibility index (Phi) is 5.39. The summed E-state index contributed by atoms with van der Waals surface area (Å²) in [5.74, 6) is 2.97. The predicted octanol–water partition coefficient (Wildman–Crippen LogP) is 4.00. The van der Waals surface area contributed by atoms with Crippen LogP contribution in [0.3, 0.4) is 0 Å². The zero-order chi connectivity index (χ0) is 15.4. The van der Waals surface area contributed by atoms with Crippen LogP contribution in [0.1, 0.15) is 19.5 Å². The van der Waals surface area contributed by atoms with Crippen molar-refractivity contribution in [3.05, 3.63) is 33.5 Å². The number of rotatable bonds is 5. The van der Waals surface area contributed by atoms with E-state index in [1.807, 2.05) is 31.3 Å². The number of nitrogens with zero attached hydrogens (tertiary/aromatic N) is 2. The Bertz CT molecular complexity index is 629. The quantitative estimate of drug-likeness (QED) is 0.775. The number of nitrogens with one attached hydrogen (secondary N) is 1. The SMILES string of the molecule is CNc1nc(-c2cccc(OC)c2)nc(CC(C)C)c1I. The number of hydrogen-bond acceptors (Lipinski definition) is 4. The van der Waals surface area contributed by atoms with Crippen LogP contribution in [0, 0.1) is 9.49 Å². The van der Waals surface area contributed by atoms with Gasteiger partial charge >= 0.3 is 0 Å². The van der Waals surface area contributed by atoms with Crippen molar-refractivity contribution in [3.8, 4) is 17.1 Å². The summed E-state index contributed by atoms with van der Waals surface area (Å²) in [4.78, 5) is 9.37. The minimum absolute atomic E-state index is 0.552. The maximum Gasteiger partial charge on any atom is 0.161 e. The van der Waals surface area contributed by atoms with Crippen LogP contribution < -0.4 is 10.1 Å². The Labute approximate surface area is 139 Å². The van der Waals surface area contributed by atoms with E-state index in [-0.39, 0.29) is 0 Å². The molecule has 0 fully saturated rings. The summed E-state index contributed by atoms with van der Waals surface area (Å²) in [6.07, 6.45) is 0.937. The summed E-state index contributed by atoms with van der Waals surface area (Å²) in [7, 11) is 3.55. The second-order valence-electron chi connectivity index (χ2n) is 5.24. The van der Waals surface area contributed by atoms with Gasteiger partial charge in [0.1, 0.15) is 11.6 Å². The van der Waals surface area contributed by atoms with Gasteiger partial charge in [-0.2, -0.15) is 0 Å². The van der Waals surface area contributed by atoms with Gasteiger partial charge in [0.25, 0.3) is 0 Å². The lowest BCUT2D eigenvalue weighted by molar-refractivity contribution is 0.415. The number of aromatic nitrogens is 2. The van der Waals surface area contributed by atoms with E-state index < -0.39 is 0 Å². The standard InChI is InChI=1S/C16H20IN3O/c1-10(2)8-13-14(17)16(18-3)20-15(19-13)11-6-5-7-12(9-11)21-4/h5-7,9-10H,8H2,1-4H3,(H,18,19,20). The van der Waals surface area contributed by atoms with Gasteiger partial charge in [-0.3, -0.25) is 0 Å². The number of halogens is 1. The van der Waals surface area contributed by atoms with Crippen molar-refractivity contribution in [2.24, 2.45) is 5.92 Å². The Morgan fingerprint density at radius 2 is 2.05 bits per heavy atom. The van der Waals surface area contributed by atoms with E-state index >= 15 is 0 Å². The van der Waals surface area contributed by atoms with Crippen LogP contribution in [-0.4, -0.2) is 24.1 Å². The van der Waals surface area contributed by atoms with Crippen molar-refractivity contribution in [1.29, 1.82) is 0 Å². The van der Waals surface area contributed by atoms with Gasteiger partial charge in [0, 0.05) is 12.6 Å². The highest BCUT2D eigenvalue weighted by atomic mass is 127. The van der Waals surface area contributed by atoms with Gasteiger partial charge in [-0.1, -0.05) is 26.0 Å². The molecule has 0 saturated carbocycles. The minimum Gasteiger partial charge on any atom is -0.497 e. The molecule has 21 heavy (non-hydrogen) atoms. The van der Waals surface area contributed by atoms with E-state index in [4.69, 9.17) is 9.72 Å². The number of benzene rings is 1. The molecule has 1 aromatic heterocycles. The molecule has 5 heteroatoms. The fourth-order valence-electron chi connectivity index (χ4n) is 2.07. The first-order chi connectivity index (χ1) is 10.0. The highest BCUT2D eigenvalue weighted by Crippen LogP contribution is 2.27. The Morgan fingerprint density at radius 3 is 2.67 bits per heavy atom. The van der Waals surface area contributed by atoms with Gasteiger partial charge in [-0.15, -0.1) is 0 Å². The van der Waals surface area contributed by atoms with Gasteiger partial charge in [-0.25, -0.2) is 9.97 Å². The summed E-state index contributed by atoms with van der Waals surface area (Å²) in [5, 5.41) is 3.16. The molecule has 0 aliphatic carbocycles. The minimum atomic E-state index is 0.552. The Balaban J connectivity index is 2.52. The van der Waals surface area contributed by atoms with Crippen molar-refractivity contribution in [1.82, 2.24) is 9.97 Å². The van der Waals surface area contributed by atoms with Crippen LogP contribution in [0.2, 0.25) is 0 Å². The van der Waals surface area contributed by atoms with E-state index in [0.29, 0.717) is 5.92 Å². The van der Waals surface area contributed by atoms with E-state index in [1.165, 1.54) is 0 Å². The smallest absolute Gasteiger partial charge is 0.161 e. The van der Waals surface area contributed by atoms with Crippen molar-refractivity contribution in [3.63, 3.8) is 0 Å². The zero-order valence-corrected chi connectivity index (χ0v) is 14.9. The molecule has 0 aliphatic rings. The summed E-state index contributed by atoms with van der Waals surface area (Å²) in [6.45, 7) is 4.39. The summed E-state index contributed by atoms with van der Waals surface area (Å²) < 4.78 is 6.37. The van der Waals surface area contributed by atoms with Crippen LogP contribution in [0.5, 0.6) is 5.75 Å². The molecule has 0 aliphatic heterocycles. The van der Waals surface area contributed by atoms with Crippen LogP contribution in [-0.2, 0) is 6.42 Å². The van der Waals surface area contributed by atoms with Gasteiger partial charge in [0.2, 0.25) is 0 Å². The van der Waals surface area contributed by atoms with Gasteiger partial charge < -0.3 is 10.1 Å². The molecule has 1 aromatic carbocycles. The fourth-order valence-corrected chi connectivity index (χ4v) is 2.80. The molecular weight excluding hydrogens is 377 g/mol. The zero-order valence-electron chi connectivity index (χ0n) is 12.8. The maximum absolute atomic E-state index is 5.28. The van der Waals surface area contributed by atoms with Gasteiger partial charge in [0.15, 0.2) is 5.82 Å². The molecule has 112 valence electrons. The third kappa shape index (κ3) is 3.84. The molecule has 0 spiro atoms. The molecule has 0 atom stereocenters. The Hall–Kier alpha value is -1.37. The molecule has 1 N–H and O–H groups in total. The van der Waals surface area contributed by atoms with Gasteiger partial charge in [-0.05, 0) is 47.1 Å². The molecule has 0 amide bonds. The van der Waals surface area contributed by atoms with Gasteiger partial charge in [0.05, 0.1) is 16.4 Å². The Morgan fingerprint density at radius 1 is 1.29 bits per heavy atom. The van der Waals surface area contributed by atoms with Crippen LogP contribution in [0.15, 0.2) is 24.3 Å². The third-order valence-corrected chi connectivity index (χ3v) is 4.22. The lowest BCUT2D eigenvalue weighted by atomic mass is 10.1. The average molecular weight is 397 g/mol. The number of methoxy groups -OCH3 is 1. The normalized spacial score (nSPS) is 10.8. The van der Waals surface area contributed by atoms with E-state index in [0.717, 1.165) is 38.6 Å². The topological polar surface area (TPSA) is 47.0 Å². The van der Waals surface area contributed by atoms with Crippen LogP contribution in [0.25, 0.3) is 11.4 Å². The lowest BCUT2D eigenvalue weighted by Crippen LogP contribution is -2.07. The largest absolute Gasteiger partial charge is 0.497 e. The highest BCUT2D eigenvalue weighted by Gasteiger charge is 2.14. The molecule has 2 aromatic rings. The third-order valence-electron chi connectivity index (χ3n) is 3.09. The molecule has 0 bridgehead atoms. The molecule has 0 saturated heterocycles. The molecular formula is C16H20IN3O. The summed E-state index contributed by atoms with van der Waals surface area (Å²) >= 11 is 2.31. The van der Waals surface area contributed by atoms with E-state index in [9.17, 15) is 0 Å². The first-order valence-electron chi connectivity index (χ1n) is 6.93. The second kappa shape index (κ2) is 7.06. The monoisotopic (exact) mass is 397 g/mol. The number of anilines is 1. The number of ether oxygens (including phenoxy) is 1. The molecule has 1 heterocycles. The summed E-state index contributed by atoms with van der Waals surface area (Å²) in [5.41, 5.74) is 2.05. The molecule has 4 nitrogen and oxygen atoms in total. The van der Waals surface area contributed by atoms with E-state index in [2.05, 4.69) is 46.7 Å². The molecule has 0 unspecified atom stereocenters. The summed E-state index contributed by atoms with van der Waals surface area (Å²) in [6, 6.07) is 7.84. The fraction of sp³-hybridized carbons (Fsp3) is 0.375. The maximum atomic E-state index is 5.28. The van der Waals surface area contributed by atoms with Crippen molar-refractivity contribution in [2.75, 3.05) is 19.5 Å². The first kappa shape index (κ1) is 16.0. The highest BCUT2D eigenvalue weighted by molar-refractivity contribution is 14.1. The van der Waals surface area contributed by atoms with E-state index in [1.54, 1.807) is 7.11 Å².